The van der Waals surface area contributed by atoms with Gasteiger partial charge in [0.2, 0.25) is 5.91 Å². The number of likely N-dealkylation sites (N-methyl/N-ethyl adjacent to an activating group) is 2. The first kappa shape index (κ1) is 30.2. The highest BCUT2D eigenvalue weighted by Crippen LogP contribution is 2.41. The smallest absolute Gasteiger partial charge is 0.254 e. The van der Waals surface area contributed by atoms with Crippen LogP contribution in [0.2, 0.25) is 0 Å². The number of hydrogen-bond donors (Lipinski definition) is 1. The van der Waals surface area contributed by atoms with Crippen molar-refractivity contribution >= 4 is 22.7 Å². The number of nitrogens with zero attached hydrogens (tertiary/aromatic N) is 2. The van der Waals surface area contributed by atoms with Crippen LogP contribution in [0, 0.1) is 17.8 Å². The summed E-state index contributed by atoms with van der Waals surface area (Å²) >= 11 is 0. The minimum Gasteiger partial charge on any atom is -0.381 e. The molecule has 2 aromatic rings. The average Bonchev–Trinajstić information content (AvgIpc) is 3.75. The SMILES string of the molecule is CC.CC.CCNC(=O)CN(CC)C(=O)c1ccc2c(c1)c1c(n2CC2CC2)CCC(C2CCOCC2)C1. The molecule has 2 aliphatic carbocycles. The summed E-state index contributed by atoms with van der Waals surface area (Å²) in [6, 6.07) is 6.25. The Morgan fingerprint density at radius 2 is 1.71 bits per heavy atom. The van der Waals surface area contributed by atoms with Gasteiger partial charge in [0, 0.05) is 55.0 Å². The maximum atomic E-state index is 13.4. The van der Waals surface area contributed by atoms with Gasteiger partial charge in [-0.25, -0.2) is 0 Å². The van der Waals surface area contributed by atoms with Crippen LogP contribution in [-0.2, 0) is 28.9 Å². The van der Waals surface area contributed by atoms with Gasteiger partial charge < -0.3 is 19.5 Å². The lowest BCUT2D eigenvalue weighted by molar-refractivity contribution is -0.121. The highest BCUT2D eigenvalue weighted by molar-refractivity contribution is 6.00. The third-order valence-corrected chi connectivity index (χ3v) is 8.20. The second kappa shape index (κ2) is 14.7. The van der Waals surface area contributed by atoms with Gasteiger partial charge in [-0.15, -0.1) is 0 Å². The fourth-order valence-corrected chi connectivity index (χ4v) is 6.10. The van der Waals surface area contributed by atoms with E-state index in [0.717, 1.165) is 44.4 Å². The number of aromatic nitrogens is 1. The van der Waals surface area contributed by atoms with Crippen molar-refractivity contribution in [3.8, 4) is 0 Å². The zero-order valence-corrected chi connectivity index (χ0v) is 24.8. The summed E-state index contributed by atoms with van der Waals surface area (Å²) in [5.41, 5.74) is 4.95. The zero-order valence-electron chi connectivity index (χ0n) is 24.8. The van der Waals surface area contributed by atoms with Crippen LogP contribution in [0.3, 0.4) is 0 Å². The topological polar surface area (TPSA) is 63.6 Å². The summed E-state index contributed by atoms with van der Waals surface area (Å²) in [6.45, 7) is 15.9. The minimum atomic E-state index is -0.106. The molecule has 1 aliphatic heterocycles. The molecule has 2 heterocycles. The fraction of sp³-hybridized carbons (Fsp3) is 0.688. The van der Waals surface area contributed by atoms with Crippen molar-refractivity contribution in [2.24, 2.45) is 17.8 Å². The number of rotatable bonds is 8. The van der Waals surface area contributed by atoms with Gasteiger partial charge in [0.15, 0.2) is 0 Å². The molecule has 1 unspecified atom stereocenters. The average molecular weight is 526 g/mol. The summed E-state index contributed by atoms with van der Waals surface area (Å²) in [6.07, 6.45) is 8.54. The van der Waals surface area contributed by atoms with Crippen molar-refractivity contribution in [2.75, 3.05) is 32.8 Å². The second-order valence-electron chi connectivity index (χ2n) is 10.4. The number of carbonyl (C=O) groups excluding carboxylic acids is 2. The van der Waals surface area contributed by atoms with Crippen LogP contribution in [0.1, 0.15) is 95.3 Å². The molecule has 0 radical (unpaired) electrons. The van der Waals surface area contributed by atoms with Gasteiger partial charge in [0.25, 0.3) is 5.91 Å². The van der Waals surface area contributed by atoms with Crippen LogP contribution in [0.15, 0.2) is 18.2 Å². The molecule has 0 spiro atoms. The van der Waals surface area contributed by atoms with Crippen molar-refractivity contribution < 1.29 is 14.3 Å². The molecule has 212 valence electrons. The van der Waals surface area contributed by atoms with Crippen molar-refractivity contribution in [3.63, 3.8) is 0 Å². The Kier molecular flexibility index (Phi) is 11.7. The Labute approximate surface area is 230 Å². The van der Waals surface area contributed by atoms with Gasteiger partial charge >= 0.3 is 0 Å². The number of hydrogen-bond acceptors (Lipinski definition) is 3. The maximum absolute atomic E-state index is 13.4. The molecule has 1 saturated heterocycles. The molecule has 6 nitrogen and oxygen atoms in total. The number of carbonyl (C=O) groups is 2. The molecule has 0 bridgehead atoms. The van der Waals surface area contributed by atoms with E-state index in [0.29, 0.717) is 24.6 Å². The van der Waals surface area contributed by atoms with E-state index in [1.165, 1.54) is 54.3 Å². The zero-order chi connectivity index (χ0) is 27.7. The van der Waals surface area contributed by atoms with E-state index < -0.39 is 0 Å². The van der Waals surface area contributed by atoms with E-state index >= 15 is 0 Å². The van der Waals surface area contributed by atoms with Gasteiger partial charge in [0.05, 0.1) is 6.54 Å². The van der Waals surface area contributed by atoms with Crippen molar-refractivity contribution in [1.29, 1.82) is 0 Å². The van der Waals surface area contributed by atoms with Crippen LogP contribution >= 0.6 is 0 Å². The first-order valence-corrected chi connectivity index (χ1v) is 15.4. The Bertz CT molecular complexity index is 1050. The summed E-state index contributed by atoms with van der Waals surface area (Å²) in [4.78, 5) is 27.1. The lowest BCUT2D eigenvalue weighted by Gasteiger charge is -2.33. The van der Waals surface area contributed by atoms with E-state index in [1.54, 1.807) is 4.90 Å². The highest BCUT2D eigenvalue weighted by atomic mass is 16.5. The van der Waals surface area contributed by atoms with Crippen LogP contribution in [0.4, 0.5) is 0 Å². The normalized spacial score (nSPS) is 18.9. The van der Waals surface area contributed by atoms with E-state index in [4.69, 9.17) is 4.74 Å². The molecular formula is C32H51N3O3. The fourth-order valence-electron chi connectivity index (χ4n) is 6.10. The summed E-state index contributed by atoms with van der Waals surface area (Å²) < 4.78 is 8.20. The number of fused-ring (bicyclic) bond motifs is 3. The van der Waals surface area contributed by atoms with Gasteiger partial charge in [-0.1, -0.05) is 27.7 Å². The second-order valence-corrected chi connectivity index (χ2v) is 10.4. The third-order valence-electron chi connectivity index (χ3n) is 8.20. The van der Waals surface area contributed by atoms with Gasteiger partial charge in [-0.2, -0.15) is 0 Å². The number of benzene rings is 1. The largest absolute Gasteiger partial charge is 0.381 e. The Morgan fingerprint density at radius 1 is 1.00 bits per heavy atom. The molecule has 1 aromatic carbocycles. The Morgan fingerprint density at radius 3 is 2.34 bits per heavy atom. The third kappa shape index (κ3) is 6.99. The molecule has 1 atom stereocenters. The predicted molar refractivity (Wildman–Crippen MR) is 157 cm³/mol. The summed E-state index contributed by atoms with van der Waals surface area (Å²) in [7, 11) is 0. The standard InChI is InChI=1S/C28H39N3O3.2C2H6/c1-3-29-27(32)18-30(4-2)28(33)22-8-10-26-24(16-22)23-15-21(20-11-13-34-14-12-20)7-9-25(23)31(26)17-19-5-6-19;2*1-2/h8,10,16,19-21H,3-7,9,11-15,17-18H2,1-2H3,(H,29,32);2*1-2H3. The Balaban J connectivity index is 0.000000956. The van der Waals surface area contributed by atoms with Crippen LogP contribution < -0.4 is 5.32 Å². The van der Waals surface area contributed by atoms with E-state index in [9.17, 15) is 9.59 Å². The molecule has 3 aliphatic rings. The molecule has 1 saturated carbocycles. The molecule has 5 rings (SSSR count). The van der Waals surface area contributed by atoms with E-state index in [-0.39, 0.29) is 18.4 Å². The molecule has 1 N–H and O–H groups in total. The van der Waals surface area contributed by atoms with Gasteiger partial charge in [0.1, 0.15) is 0 Å². The van der Waals surface area contributed by atoms with E-state index in [2.05, 4.69) is 22.0 Å². The van der Waals surface area contributed by atoms with Crippen molar-refractivity contribution in [2.45, 2.75) is 93.0 Å². The first-order valence-electron chi connectivity index (χ1n) is 15.4. The number of nitrogens with one attached hydrogen (secondary N) is 1. The lowest BCUT2D eigenvalue weighted by Crippen LogP contribution is -2.40. The first-order chi connectivity index (χ1) is 18.6. The van der Waals surface area contributed by atoms with Gasteiger partial charge in [-0.05, 0) is 100 Å². The molecule has 38 heavy (non-hydrogen) atoms. The maximum Gasteiger partial charge on any atom is 0.254 e. The molecule has 6 heteroatoms. The number of amides is 2. The van der Waals surface area contributed by atoms with Crippen LogP contribution in [0.25, 0.3) is 10.9 Å². The van der Waals surface area contributed by atoms with Crippen LogP contribution in [-0.4, -0.2) is 54.1 Å². The van der Waals surface area contributed by atoms with Gasteiger partial charge in [-0.3, -0.25) is 9.59 Å². The molecular weight excluding hydrogens is 474 g/mol. The molecule has 2 amide bonds. The molecule has 2 fully saturated rings. The summed E-state index contributed by atoms with van der Waals surface area (Å²) in [5.74, 6) is 2.10. The van der Waals surface area contributed by atoms with Crippen LogP contribution in [0.5, 0.6) is 0 Å². The quantitative estimate of drug-likeness (QED) is 0.444. The summed E-state index contributed by atoms with van der Waals surface area (Å²) in [5, 5.41) is 4.06. The highest BCUT2D eigenvalue weighted by Gasteiger charge is 2.33. The Hall–Kier alpha value is -2.34. The molecule has 1 aromatic heterocycles. The van der Waals surface area contributed by atoms with E-state index in [1.807, 2.05) is 47.6 Å². The van der Waals surface area contributed by atoms with Crippen molar-refractivity contribution in [3.05, 3.63) is 35.0 Å². The monoisotopic (exact) mass is 525 g/mol. The van der Waals surface area contributed by atoms with Crippen molar-refractivity contribution in [1.82, 2.24) is 14.8 Å². The minimum absolute atomic E-state index is 0.0591. The lowest BCUT2D eigenvalue weighted by atomic mass is 9.75. The number of ether oxygens (including phenoxy) is 1. The predicted octanol–water partition coefficient (Wildman–Crippen LogP) is 6.23.